The van der Waals surface area contributed by atoms with Gasteiger partial charge in [-0.1, -0.05) is 11.8 Å². The first-order valence-corrected chi connectivity index (χ1v) is 11.3. The van der Waals surface area contributed by atoms with Gasteiger partial charge in [0.15, 0.2) is 0 Å². The molecule has 4 aliphatic rings. The number of rotatable bonds is 6. The number of hydrogen-bond donors (Lipinski definition) is 1. The van der Waals surface area contributed by atoms with Crippen molar-refractivity contribution in [3.63, 3.8) is 0 Å². The van der Waals surface area contributed by atoms with Crippen LogP contribution in [0.3, 0.4) is 0 Å². The molecule has 4 aliphatic carbocycles. The third-order valence-electron chi connectivity index (χ3n) is 6.84. The van der Waals surface area contributed by atoms with Crippen molar-refractivity contribution in [2.45, 2.75) is 61.4 Å². The predicted molar refractivity (Wildman–Crippen MR) is 110 cm³/mol. The van der Waals surface area contributed by atoms with Crippen LogP contribution in [0, 0.1) is 17.8 Å². The number of nitrogens with zero attached hydrogens (tertiary/aromatic N) is 4. The van der Waals surface area contributed by atoms with Crippen LogP contribution in [0.5, 0.6) is 5.75 Å². The van der Waals surface area contributed by atoms with Crippen LogP contribution in [0.1, 0.15) is 45.4 Å². The maximum atomic E-state index is 13.1. The Kier molecular flexibility index (Phi) is 4.76. The fraction of sp³-hybridized carbons (Fsp3) is 0.619. The van der Waals surface area contributed by atoms with Gasteiger partial charge in [-0.3, -0.25) is 4.79 Å². The van der Waals surface area contributed by atoms with E-state index in [2.05, 4.69) is 20.8 Å². The highest BCUT2D eigenvalue weighted by atomic mass is 32.2. The largest absolute Gasteiger partial charge is 0.497 e. The number of hydrogen-bond acceptors (Lipinski definition) is 6. The summed E-state index contributed by atoms with van der Waals surface area (Å²) in [7, 11) is 1.64. The number of carbonyl (C=O) groups is 1. The van der Waals surface area contributed by atoms with Gasteiger partial charge in [0.25, 0.3) is 0 Å². The van der Waals surface area contributed by atoms with Crippen LogP contribution < -0.4 is 10.1 Å². The molecule has 7 nitrogen and oxygen atoms in total. The smallest absolute Gasteiger partial charge is 0.233 e. The van der Waals surface area contributed by atoms with E-state index in [4.69, 9.17) is 4.74 Å². The van der Waals surface area contributed by atoms with Gasteiger partial charge in [0.2, 0.25) is 11.1 Å². The summed E-state index contributed by atoms with van der Waals surface area (Å²) in [6.45, 7) is 1.94. The van der Waals surface area contributed by atoms with Gasteiger partial charge in [-0.2, -0.15) is 4.68 Å². The zero-order valence-corrected chi connectivity index (χ0v) is 17.7. The standard InChI is InChI=1S/C21H27N5O2S/c1-13(19(27)22-21-10-14-7-15(11-21)9-16(8-14)12-21)29-20-23-24-25-26(20)17-3-5-18(28-2)6-4-17/h3-6,13-16H,7-12H2,1-2H3,(H,22,27). The number of benzene rings is 1. The highest BCUT2D eigenvalue weighted by molar-refractivity contribution is 8.00. The Balaban J connectivity index is 1.27. The number of amides is 1. The van der Waals surface area contributed by atoms with Crippen molar-refractivity contribution < 1.29 is 9.53 Å². The molecule has 0 radical (unpaired) electrons. The van der Waals surface area contributed by atoms with Crippen LogP contribution in [-0.4, -0.2) is 44.0 Å². The number of methoxy groups -OCH3 is 1. The van der Waals surface area contributed by atoms with Crippen molar-refractivity contribution in [3.8, 4) is 11.4 Å². The van der Waals surface area contributed by atoms with E-state index < -0.39 is 0 Å². The van der Waals surface area contributed by atoms with Crippen molar-refractivity contribution in [2.24, 2.45) is 17.8 Å². The molecule has 1 heterocycles. The summed E-state index contributed by atoms with van der Waals surface area (Å²) < 4.78 is 6.87. The number of aromatic nitrogens is 4. The zero-order chi connectivity index (χ0) is 20.0. The van der Waals surface area contributed by atoms with E-state index in [1.165, 1.54) is 31.0 Å². The van der Waals surface area contributed by atoms with Gasteiger partial charge in [-0.15, -0.1) is 5.10 Å². The fourth-order valence-electron chi connectivity index (χ4n) is 5.98. The minimum atomic E-state index is -0.258. The number of carbonyl (C=O) groups excluding carboxylic acids is 1. The molecule has 1 aromatic heterocycles. The summed E-state index contributed by atoms with van der Waals surface area (Å²) in [6, 6.07) is 7.54. The van der Waals surface area contributed by atoms with Crippen molar-refractivity contribution in [2.75, 3.05) is 7.11 Å². The molecule has 0 aliphatic heterocycles. The highest BCUT2D eigenvalue weighted by Crippen LogP contribution is 2.55. The van der Waals surface area contributed by atoms with E-state index in [0.29, 0.717) is 5.16 Å². The van der Waals surface area contributed by atoms with E-state index in [1.54, 1.807) is 11.8 Å². The normalized spacial score (nSPS) is 30.9. The summed E-state index contributed by atoms with van der Waals surface area (Å²) in [5.41, 5.74) is 0.870. The molecular formula is C21H27N5O2S. The topological polar surface area (TPSA) is 81.9 Å². The Hall–Kier alpha value is -2.09. The first kappa shape index (κ1) is 18.9. The lowest BCUT2D eigenvalue weighted by atomic mass is 9.53. The Morgan fingerprint density at radius 3 is 2.38 bits per heavy atom. The van der Waals surface area contributed by atoms with Gasteiger partial charge in [0.05, 0.1) is 18.0 Å². The molecule has 1 N–H and O–H groups in total. The van der Waals surface area contributed by atoms with E-state index in [-0.39, 0.29) is 16.7 Å². The van der Waals surface area contributed by atoms with E-state index in [1.807, 2.05) is 31.2 Å². The SMILES string of the molecule is COc1ccc(-n2nnnc2SC(C)C(=O)NC23CC4CC(CC(C4)C2)C3)cc1. The van der Waals surface area contributed by atoms with Crippen LogP contribution in [0.25, 0.3) is 5.69 Å². The van der Waals surface area contributed by atoms with E-state index in [0.717, 1.165) is 48.5 Å². The monoisotopic (exact) mass is 413 g/mol. The summed E-state index contributed by atoms with van der Waals surface area (Å²) in [4.78, 5) is 13.1. The van der Waals surface area contributed by atoms with Crippen LogP contribution >= 0.6 is 11.8 Å². The summed E-state index contributed by atoms with van der Waals surface area (Å²) in [5.74, 6) is 3.31. The predicted octanol–water partition coefficient (Wildman–Crippen LogP) is 3.24. The second kappa shape index (κ2) is 7.31. The molecule has 1 unspecified atom stereocenters. The molecule has 4 bridgehead atoms. The summed E-state index contributed by atoms with van der Waals surface area (Å²) in [5, 5.41) is 15.9. The Labute approximate surface area is 175 Å². The minimum Gasteiger partial charge on any atom is -0.497 e. The molecule has 8 heteroatoms. The van der Waals surface area contributed by atoms with Crippen LogP contribution in [0.2, 0.25) is 0 Å². The number of tetrazole rings is 1. The first-order valence-electron chi connectivity index (χ1n) is 10.4. The maximum Gasteiger partial charge on any atom is 0.233 e. The van der Waals surface area contributed by atoms with Gasteiger partial charge in [0.1, 0.15) is 5.75 Å². The molecule has 2 aromatic rings. The molecule has 6 rings (SSSR count). The molecule has 1 atom stereocenters. The minimum absolute atomic E-state index is 0.0303. The number of nitrogens with one attached hydrogen (secondary N) is 1. The van der Waals surface area contributed by atoms with Crippen LogP contribution in [0.15, 0.2) is 29.4 Å². The molecule has 4 fully saturated rings. The van der Waals surface area contributed by atoms with Gasteiger partial charge in [-0.25, -0.2) is 0 Å². The molecule has 29 heavy (non-hydrogen) atoms. The quantitative estimate of drug-likeness (QED) is 0.732. The molecular weight excluding hydrogens is 386 g/mol. The van der Waals surface area contributed by atoms with Gasteiger partial charge >= 0.3 is 0 Å². The molecule has 4 saturated carbocycles. The van der Waals surface area contributed by atoms with E-state index >= 15 is 0 Å². The molecule has 154 valence electrons. The Morgan fingerprint density at radius 1 is 1.17 bits per heavy atom. The molecule has 1 amide bonds. The van der Waals surface area contributed by atoms with Gasteiger partial charge in [-0.05, 0) is 97.9 Å². The number of thioether (sulfide) groups is 1. The van der Waals surface area contributed by atoms with Crippen LogP contribution in [-0.2, 0) is 4.79 Å². The van der Waals surface area contributed by atoms with Crippen molar-refractivity contribution >= 4 is 17.7 Å². The second-order valence-electron chi connectivity index (χ2n) is 9.02. The highest BCUT2D eigenvalue weighted by Gasteiger charge is 2.51. The number of ether oxygens (including phenoxy) is 1. The van der Waals surface area contributed by atoms with Gasteiger partial charge < -0.3 is 10.1 Å². The van der Waals surface area contributed by atoms with Crippen molar-refractivity contribution in [1.82, 2.24) is 25.5 Å². The third kappa shape index (κ3) is 3.63. The lowest BCUT2D eigenvalue weighted by molar-refractivity contribution is -0.126. The molecule has 0 saturated heterocycles. The van der Waals surface area contributed by atoms with Crippen molar-refractivity contribution in [1.29, 1.82) is 0 Å². The summed E-state index contributed by atoms with van der Waals surface area (Å²) in [6.07, 6.45) is 7.59. The molecule has 0 spiro atoms. The average Bonchev–Trinajstić information content (AvgIpc) is 3.14. The lowest BCUT2D eigenvalue weighted by Gasteiger charge is -2.57. The lowest BCUT2D eigenvalue weighted by Crippen LogP contribution is -2.60. The van der Waals surface area contributed by atoms with E-state index in [9.17, 15) is 4.79 Å². The maximum absolute atomic E-state index is 13.1. The third-order valence-corrected chi connectivity index (χ3v) is 7.87. The Morgan fingerprint density at radius 2 is 1.79 bits per heavy atom. The Bertz CT molecular complexity index is 861. The zero-order valence-electron chi connectivity index (χ0n) is 16.9. The van der Waals surface area contributed by atoms with Crippen molar-refractivity contribution in [3.05, 3.63) is 24.3 Å². The first-order chi connectivity index (χ1) is 14.0. The summed E-state index contributed by atoms with van der Waals surface area (Å²) >= 11 is 1.40. The van der Waals surface area contributed by atoms with Gasteiger partial charge in [0, 0.05) is 5.54 Å². The molecule has 1 aromatic carbocycles. The average molecular weight is 414 g/mol. The van der Waals surface area contributed by atoms with Crippen LogP contribution in [0.4, 0.5) is 0 Å². The fourth-order valence-corrected chi connectivity index (χ4v) is 6.78. The second-order valence-corrected chi connectivity index (χ2v) is 10.3.